The maximum atomic E-state index is 12.1. The van der Waals surface area contributed by atoms with Gasteiger partial charge in [0.15, 0.2) is 0 Å². The van der Waals surface area contributed by atoms with Crippen molar-refractivity contribution < 1.29 is 14.4 Å². The number of hydrogen-bond donors (Lipinski definition) is 0. The molecule has 1 fully saturated rings. The molecule has 4 heteroatoms. The van der Waals surface area contributed by atoms with Gasteiger partial charge in [0.2, 0.25) is 11.8 Å². The Morgan fingerprint density at radius 2 is 2.00 bits per heavy atom. The predicted octanol–water partition coefficient (Wildman–Crippen LogP) is 1.40. The molecule has 94 valence electrons. The number of nitrogens with zero attached hydrogens (tertiary/aromatic N) is 1. The molecular weight excluding hydrogens is 230 g/mol. The van der Waals surface area contributed by atoms with Crippen LogP contribution in [0.3, 0.4) is 0 Å². The summed E-state index contributed by atoms with van der Waals surface area (Å²) < 4.78 is 0. The predicted molar refractivity (Wildman–Crippen MR) is 65.3 cm³/mol. The molecule has 1 aromatic rings. The zero-order chi connectivity index (χ0) is 13.1. The molecule has 0 bridgehead atoms. The molecule has 1 aromatic carbocycles. The molecule has 18 heavy (non-hydrogen) atoms. The highest BCUT2D eigenvalue weighted by Gasteiger charge is 2.41. The number of carbonyl (C=O) groups is 3. The Labute approximate surface area is 106 Å². The molecule has 2 amide bonds. The Kier molecular flexibility index (Phi) is 3.55. The summed E-state index contributed by atoms with van der Waals surface area (Å²) in [5.74, 6) is -1.31. The lowest BCUT2D eigenvalue weighted by atomic mass is 9.94. The molecule has 0 aliphatic carbocycles. The van der Waals surface area contributed by atoms with Crippen LogP contribution in [0.1, 0.15) is 18.9 Å². The van der Waals surface area contributed by atoms with Gasteiger partial charge in [-0.2, -0.15) is 0 Å². The molecule has 0 aromatic heterocycles. The van der Waals surface area contributed by atoms with E-state index in [2.05, 4.69) is 0 Å². The van der Waals surface area contributed by atoms with Crippen molar-refractivity contribution in [2.24, 2.45) is 11.8 Å². The first-order valence-corrected chi connectivity index (χ1v) is 5.97. The highest BCUT2D eigenvalue weighted by Crippen LogP contribution is 2.26. The van der Waals surface area contributed by atoms with Crippen LogP contribution in [-0.2, 0) is 20.9 Å². The van der Waals surface area contributed by atoms with Gasteiger partial charge in [-0.1, -0.05) is 37.3 Å². The Morgan fingerprint density at radius 3 is 2.61 bits per heavy atom. The minimum atomic E-state index is -0.487. The second-order valence-electron chi connectivity index (χ2n) is 4.61. The molecule has 0 N–H and O–H groups in total. The summed E-state index contributed by atoms with van der Waals surface area (Å²) in [5, 5.41) is 0. The van der Waals surface area contributed by atoms with Gasteiger partial charge in [0.1, 0.15) is 6.29 Å². The average molecular weight is 245 g/mol. The molecule has 0 saturated carbocycles. The molecule has 2 atom stereocenters. The maximum Gasteiger partial charge on any atom is 0.233 e. The molecule has 1 saturated heterocycles. The van der Waals surface area contributed by atoms with Gasteiger partial charge in [-0.05, 0) is 5.56 Å². The first-order chi connectivity index (χ1) is 8.63. The number of amides is 2. The van der Waals surface area contributed by atoms with Gasteiger partial charge in [-0.15, -0.1) is 0 Å². The largest absolute Gasteiger partial charge is 0.303 e. The van der Waals surface area contributed by atoms with Gasteiger partial charge in [0, 0.05) is 12.3 Å². The van der Waals surface area contributed by atoms with Crippen LogP contribution in [0.4, 0.5) is 0 Å². The Hall–Kier alpha value is -1.97. The summed E-state index contributed by atoms with van der Waals surface area (Å²) in [7, 11) is 0. The van der Waals surface area contributed by atoms with Crippen molar-refractivity contribution >= 4 is 18.1 Å². The van der Waals surface area contributed by atoms with Crippen molar-refractivity contribution in [1.29, 1.82) is 0 Å². The SMILES string of the molecule is CC(C=O)[C@@H]1CC(=O)N(Cc2ccccc2)C1=O. The summed E-state index contributed by atoms with van der Waals surface area (Å²) in [4.78, 5) is 35.9. The number of carbonyl (C=O) groups excluding carboxylic acids is 3. The number of imide groups is 1. The van der Waals surface area contributed by atoms with Crippen LogP contribution in [0.2, 0.25) is 0 Å². The van der Waals surface area contributed by atoms with Crippen molar-refractivity contribution in [3.05, 3.63) is 35.9 Å². The molecule has 0 spiro atoms. The van der Waals surface area contributed by atoms with E-state index >= 15 is 0 Å². The summed E-state index contributed by atoms with van der Waals surface area (Å²) in [6.45, 7) is 1.97. The smallest absolute Gasteiger partial charge is 0.233 e. The summed E-state index contributed by atoms with van der Waals surface area (Å²) in [6.07, 6.45) is 0.882. The van der Waals surface area contributed by atoms with Crippen LogP contribution in [0, 0.1) is 11.8 Å². The topological polar surface area (TPSA) is 54.5 Å². The van der Waals surface area contributed by atoms with Crippen LogP contribution in [0.5, 0.6) is 0 Å². The lowest BCUT2D eigenvalue weighted by molar-refractivity contribution is -0.141. The van der Waals surface area contributed by atoms with E-state index in [-0.39, 0.29) is 18.2 Å². The third-order valence-corrected chi connectivity index (χ3v) is 3.31. The second-order valence-corrected chi connectivity index (χ2v) is 4.61. The minimum Gasteiger partial charge on any atom is -0.303 e. The Morgan fingerprint density at radius 1 is 1.33 bits per heavy atom. The highest BCUT2D eigenvalue weighted by atomic mass is 16.2. The number of likely N-dealkylation sites (tertiary alicyclic amines) is 1. The molecule has 2 rings (SSSR count). The highest BCUT2D eigenvalue weighted by molar-refractivity contribution is 6.04. The third-order valence-electron chi connectivity index (χ3n) is 3.31. The van der Waals surface area contributed by atoms with Crippen molar-refractivity contribution in [3.63, 3.8) is 0 Å². The van der Waals surface area contributed by atoms with Crippen LogP contribution in [-0.4, -0.2) is 23.0 Å². The number of aldehydes is 1. The first-order valence-electron chi connectivity index (χ1n) is 5.97. The number of rotatable bonds is 4. The van der Waals surface area contributed by atoms with Crippen LogP contribution in [0.15, 0.2) is 30.3 Å². The van der Waals surface area contributed by atoms with Crippen molar-refractivity contribution in [2.45, 2.75) is 19.9 Å². The van der Waals surface area contributed by atoms with E-state index in [1.165, 1.54) is 4.90 Å². The fourth-order valence-corrected chi connectivity index (χ4v) is 2.15. The van der Waals surface area contributed by atoms with Crippen molar-refractivity contribution in [2.75, 3.05) is 0 Å². The van der Waals surface area contributed by atoms with Gasteiger partial charge in [0.05, 0.1) is 12.5 Å². The molecule has 1 aliphatic heterocycles. The van der Waals surface area contributed by atoms with E-state index < -0.39 is 11.8 Å². The monoisotopic (exact) mass is 245 g/mol. The summed E-state index contributed by atoms with van der Waals surface area (Å²) in [6, 6.07) is 9.36. The summed E-state index contributed by atoms with van der Waals surface area (Å²) >= 11 is 0. The second kappa shape index (κ2) is 5.12. The fourth-order valence-electron chi connectivity index (χ4n) is 2.15. The quantitative estimate of drug-likeness (QED) is 0.595. The minimum absolute atomic E-state index is 0.144. The lowest BCUT2D eigenvalue weighted by Crippen LogP contribution is -2.31. The van der Waals surface area contributed by atoms with Gasteiger partial charge < -0.3 is 4.79 Å². The Balaban J connectivity index is 2.13. The molecule has 1 aliphatic rings. The van der Waals surface area contributed by atoms with E-state index in [1.807, 2.05) is 30.3 Å². The van der Waals surface area contributed by atoms with E-state index in [4.69, 9.17) is 0 Å². The molecule has 0 radical (unpaired) electrons. The Bertz CT molecular complexity index is 469. The maximum absolute atomic E-state index is 12.1. The third kappa shape index (κ3) is 2.32. The van der Waals surface area contributed by atoms with E-state index in [0.29, 0.717) is 6.54 Å². The molecule has 1 unspecified atom stereocenters. The normalized spacial score (nSPS) is 21.2. The zero-order valence-corrected chi connectivity index (χ0v) is 10.2. The van der Waals surface area contributed by atoms with Gasteiger partial charge >= 0.3 is 0 Å². The molecular formula is C14H15NO3. The summed E-state index contributed by atoms with van der Waals surface area (Å²) in [5.41, 5.74) is 0.915. The number of hydrogen-bond acceptors (Lipinski definition) is 3. The average Bonchev–Trinajstić information content (AvgIpc) is 2.67. The lowest BCUT2D eigenvalue weighted by Gasteiger charge is -2.15. The fraction of sp³-hybridized carbons (Fsp3) is 0.357. The van der Waals surface area contributed by atoms with E-state index in [0.717, 1.165) is 11.8 Å². The van der Waals surface area contributed by atoms with Gasteiger partial charge in [0.25, 0.3) is 0 Å². The zero-order valence-electron chi connectivity index (χ0n) is 10.2. The van der Waals surface area contributed by atoms with E-state index in [1.54, 1.807) is 6.92 Å². The van der Waals surface area contributed by atoms with Crippen molar-refractivity contribution in [3.8, 4) is 0 Å². The van der Waals surface area contributed by atoms with Crippen LogP contribution >= 0.6 is 0 Å². The van der Waals surface area contributed by atoms with Crippen LogP contribution < -0.4 is 0 Å². The standard InChI is InChI=1S/C14H15NO3/c1-10(9-16)12-7-13(17)15(14(12)18)8-11-5-3-2-4-6-11/h2-6,9-10,12H,7-8H2,1H3/t10?,12-/m0/s1. The molecule has 1 heterocycles. The van der Waals surface area contributed by atoms with Crippen molar-refractivity contribution in [1.82, 2.24) is 4.90 Å². The first kappa shape index (κ1) is 12.5. The van der Waals surface area contributed by atoms with E-state index in [9.17, 15) is 14.4 Å². The van der Waals surface area contributed by atoms with Gasteiger partial charge in [-0.25, -0.2) is 0 Å². The van der Waals surface area contributed by atoms with Gasteiger partial charge in [-0.3, -0.25) is 14.5 Å². The number of benzene rings is 1. The van der Waals surface area contributed by atoms with Crippen LogP contribution in [0.25, 0.3) is 0 Å². The molecule has 4 nitrogen and oxygen atoms in total.